The summed E-state index contributed by atoms with van der Waals surface area (Å²) in [4.78, 5) is 0. The van der Waals surface area contributed by atoms with Crippen molar-refractivity contribution < 1.29 is 0 Å². The molecule has 0 amide bonds. The van der Waals surface area contributed by atoms with Crippen LogP contribution in [0.15, 0.2) is 24.3 Å². The van der Waals surface area contributed by atoms with Crippen molar-refractivity contribution >= 4 is 5.71 Å². The van der Waals surface area contributed by atoms with Gasteiger partial charge in [-0.1, -0.05) is 24.3 Å². The van der Waals surface area contributed by atoms with Crippen LogP contribution in [-0.2, 0) is 13.0 Å². The molecule has 0 aromatic heterocycles. The van der Waals surface area contributed by atoms with Crippen LogP contribution >= 0.6 is 0 Å². The van der Waals surface area contributed by atoms with Gasteiger partial charge in [-0.15, -0.1) is 0 Å². The monoisotopic (exact) mass is 174 g/mol. The quantitative estimate of drug-likeness (QED) is 0.625. The minimum atomic E-state index is 0.245. The molecule has 1 atom stereocenters. The molecule has 0 spiro atoms. The Balaban J connectivity index is 2.24. The van der Waals surface area contributed by atoms with E-state index in [1.807, 2.05) is 6.92 Å². The molecule has 1 heterocycles. The first-order chi connectivity index (χ1) is 6.27. The highest BCUT2D eigenvalue weighted by atomic mass is 14.9. The van der Waals surface area contributed by atoms with Gasteiger partial charge in [-0.3, -0.25) is 0 Å². The lowest BCUT2D eigenvalue weighted by Gasteiger charge is -2.25. The number of rotatable bonds is 1. The highest BCUT2D eigenvalue weighted by Gasteiger charge is 2.18. The second-order valence-electron chi connectivity index (χ2n) is 3.59. The molecule has 68 valence electrons. The van der Waals surface area contributed by atoms with Crippen LogP contribution < -0.4 is 5.32 Å². The second-order valence-corrected chi connectivity index (χ2v) is 3.59. The Hall–Kier alpha value is -1.15. The Morgan fingerprint density at radius 2 is 2.08 bits per heavy atom. The Morgan fingerprint density at radius 3 is 2.77 bits per heavy atom. The lowest BCUT2D eigenvalue weighted by atomic mass is 9.94. The SMILES string of the molecule is CC(=N)[C@H]1Cc2ccccc2CN1. The van der Waals surface area contributed by atoms with E-state index in [1.165, 1.54) is 11.1 Å². The zero-order chi connectivity index (χ0) is 9.26. The van der Waals surface area contributed by atoms with E-state index in [-0.39, 0.29) is 6.04 Å². The van der Waals surface area contributed by atoms with Gasteiger partial charge in [0.25, 0.3) is 0 Å². The van der Waals surface area contributed by atoms with E-state index in [0.29, 0.717) is 0 Å². The second kappa shape index (κ2) is 3.30. The van der Waals surface area contributed by atoms with Crippen molar-refractivity contribution in [2.75, 3.05) is 0 Å². The highest BCUT2D eigenvalue weighted by Crippen LogP contribution is 2.16. The van der Waals surface area contributed by atoms with Crippen LogP contribution in [0.2, 0.25) is 0 Å². The highest BCUT2D eigenvalue weighted by molar-refractivity contribution is 5.84. The van der Waals surface area contributed by atoms with Crippen LogP contribution in [0.3, 0.4) is 0 Å². The molecular weight excluding hydrogens is 160 g/mol. The minimum absolute atomic E-state index is 0.245. The zero-order valence-corrected chi connectivity index (χ0v) is 7.80. The van der Waals surface area contributed by atoms with Gasteiger partial charge in [0.2, 0.25) is 0 Å². The summed E-state index contributed by atoms with van der Waals surface area (Å²) >= 11 is 0. The summed E-state index contributed by atoms with van der Waals surface area (Å²) in [5.41, 5.74) is 3.49. The Kier molecular flexibility index (Phi) is 2.15. The Labute approximate surface area is 78.5 Å². The molecule has 0 radical (unpaired) electrons. The topological polar surface area (TPSA) is 35.9 Å². The van der Waals surface area contributed by atoms with Crippen LogP contribution in [-0.4, -0.2) is 11.8 Å². The molecule has 1 aliphatic rings. The molecule has 2 rings (SSSR count). The molecule has 1 aliphatic heterocycles. The predicted octanol–water partition coefficient (Wildman–Crippen LogP) is 1.74. The fourth-order valence-electron chi connectivity index (χ4n) is 1.76. The summed E-state index contributed by atoms with van der Waals surface area (Å²) in [6.07, 6.45) is 0.964. The average molecular weight is 174 g/mol. The normalized spacial score (nSPS) is 20.8. The van der Waals surface area contributed by atoms with Crippen LogP contribution in [0.25, 0.3) is 0 Å². The first-order valence-corrected chi connectivity index (χ1v) is 4.62. The van der Waals surface area contributed by atoms with Crippen molar-refractivity contribution in [3.63, 3.8) is 0 Å². The Bertz CT molecular complexity index is 331. The third-order valence-corrected chi connectivity index (χ3v) is 2.60. The molecule has 2 nitrogen and oxygen atoms in total. The summed E-state index contributed by atoms with van der Waals surface area (Å²) in [7, 11) is 0. The lowest BCUT2D eigenvalue weighted by Crippen LogP contribution is -2.40. The smallest absolute Gasteiger partial charge is 0.0488 e. The average Bonchev–Trinajstić information content (AvgIpc) is 2.17. The number of benzene rings is 1. The molecule has 2 heteroatoms. The van der Waals surface area contributed by atoms with Crippen LogP contribution in [0.1, 0.15) is 18.1 Å². The molecule has 0 saturated heterocycles. The molecule has 1 aromatic rings. The number of hydrogen-bond acceptors (Lipinski definition) is 2. The van der Waals surface area contributed by atoms with Crippen molar-refractivity contribution in [3.8, 4) is 0 Å². The molecule has 1 aromatic carbocycles. The van der Waals surface area contributed by atoms with Gasteiger partial charge in [-0.2, -0.15) is 0 Å². The Morgan fingerprint density at radius 1 is 1.38 bits per heavy atom. The number of fused-ring (bicyclic) bond motifs is 1. The maximum Gasteiger partial charge on any atom is 0.0488 e. The molecule has 0 aliphatic carbocycles. The lowest BCUT2D eigenvalue weighted by molar-refractivity contribution is 0.573. The van der Waals surface area contributed by atoms with Gasteiger partial charge in [0.15, 0.2) is 0 Å². The van der Waals surface area contributed by atoms with Crippen molar-refractivity contribution in [2.24, 2.45) is 0 Å². The van der Waals surface area contributed by atoms with E-state index in [0.717, 1.165) is 18.7 Å². The van der Waals surface area contributed by atoms with Gasteiger partial charge >= 0.3 is 0 Å². The summed E-state index contributed by atoms with van der Waals surface area (Å²) in [5, 5.41) is 10.9. The van der Waals surface area contributed by atoms with Gasteiger partial charge in [0, 0.05) is 18.3 Å². The first-order valence-electron chi connectivity index (χ1n) is 4.62. The molecule has 13 heavy (non-hydrogen) atoms. The fourth-order valence-corrected chi connectivity index (χ4v) is 1.76. The maximum absolute atomic E-state index is 7.57. The van der Waals surface area contributed by atoms with E-state index in [1.54, 1.807) is 0 Å². The molecule has 0 saturated carbocycles. The number of nitrogens with one attached hydrogen (secondary N) is 2. The van der Waals surface area contributed by atoms with Gasteiger partial charge in [0.05, 0.1) is 0 Å². The molecule has 0 fully saturated rings. The van der Waals surface area contributed by atoms with Gasteiger partial charge in [0.1, 0.15) is 0 Å². The summed E-state index contributed by atoms with van der Waals surface area (Å²) in [6.45, 7) is 2.77. The molecule has 0 bridgehead atoms. The molecule has 0 unspecified atom stereocenters. The standard InChI is InChI=1S/C11H14N2/c1-8(12)11-6-9-4-2-3-5-10(9)7-13-11/h2-5,11-13H,6-7H2,1H3/t11-/m1/s1. The van der Waals surface area contributed by atoms with Crippen molar-refractivity contribution in [1.29, 1.82) is 5.41 Å². The van der Waals surface area contributed by atoms with E-state index >= 15 is 0 Å². The summed E-state index contributed by atoms with van der Waals surface area (Å²) in [5.74, 6) is 0. The van der Waals surface area contributed by atoms with Crippen LogP contribution in [0.4, 0.5) is 0 Å². The summed E-state index contributed by atoms with van der Waals surface area (Å²) < 4.78 is 0. The van der Waals surface area contributed by atoms with Gasteiger partial charge < -0.3 is 10.7 Å². The van der Waals surface area contributed by atoms with Crippen LogP contribution in [0, 0.1) is 5.41 Å². The largest absolute Gasteiger partial charge is 0.308 e. The van der Waals surface area contributed by atoms with Crippen LogP contribution in [0.5, 0.6) is 0 Å². The minimum Gasteiger partial charge on any atom is -0.308 e. The van der Waals surface area contributed by atoms with E-state index in [4.69, 9.17) is 5.41 Å². The predicted molar refractivity (Wildman–Crippen MR) is 54.2 cm³/mol. The zero-order valence-electron chi connectivity index (χ0n) is 7.80. The van der Waals surface area contributed by atoms with Gasteiger partial charge in [-0.25, -0.2) is 0 Å². The molecular formula is C11H14N2. The van der Waals surface area contributed by atoms with Crippen molar-refractivity contribution in [2.45, 2.75) is 25.9 Å². The van der Waals surface area contributed by atoms with E-state index in [9.17, 15) is 0 Å². The summed E-state index contributed by atoms with van der Waals surface area (Å²) in [6, 6.07) is 8.69. The van der Waals surface area contributed by atoms with E-state index in [2.05, 4.69) is 29.6 Å². The first kappa shape index (κ1) is 8.45. The van der Waals surface area contributed by atoms with Crippen molar-refractivity contribution in [1.82, 2.24) is 5.32 Å². The number of hydrogen-bond donors (Lipinski definition) is 2. The third-order valence-electron chi connectivity index (χ3n) is 2.60. The maximum atomic E-state index is 7.57. The molecule has 2 N–H and O–H groups in total. The van der Waals surface area contributed by atoms with Gasteiger partial charge in [-0.05, 0) is 24.5 Å². The van der Waals surface area contributed by atoms with E-state index < -0.39 is 0 Å². The third kappa shape index (κ3) is 1.63. The fraction of sp³-hybridized carbons (Fsp3) is 0.364. The van der Waals surface area contributed by atoms with Crippen molar-refractivity contribution in [3.05, 3.63) is 35.4 Å².